The third-order valence-electron chi connectivity index (χ3n) is 8.42. The maximum absolute atomic E-state index is 12.6. The molecule has 1 unspecified atom stereocenters. The molecule has 0 spiro atoms. The number of unbranched alkanes of at least 4 members (excludes halogenated alkanes) is 23. The third-order valence-corrected chi connectivity index (χ3v) is 8.42. The Morgan fingerprint density at radius 3 is 1.27 bits per heavy atom. The van der Waals surface area contributed by atoms with Crippen molar-refractivity contribution >= 4 is 11.9 Å². The van der Waals surface area contributed by atoms with E-state index in [0.717, 1.165) is 32.1 Å². The summed E-state index contributed by atoms with van der Waals surface area (Å²) in [6.45, 7) is 4.99. The van der Waals surface area contributed by atoms with Gasteiger partial charge in [-0.1, -0.05) is 162 Å². The maximum Gasteiger partial charge on any atom is 0.306 e. The van der Waals surface area contributed by atoms with E-state index in [4.69, 9.17) is 4.74 Å². The molecule has 5 nitrogen and oxygen atoms in total. The number of hydrogen-bond acceptors (Lipinski definition) is 4. The molecule has 0 amide bonds. The second kappa shape index (κ2) is 29.0. The lowest BCUT2D eigenvalue weighted by molar-refractivity contribution is -0.887. The van der Waals surface area contributed by atoms with Crippen molar-refractivity contribution in [1.29, 1.82) is 0 Å². The molecule has 0 aliphatic rings. The van der Waals surface area contributed by atoms with Gasteiger partial charge in [-0.05, 0) is 19.3 Å². The topological polar surface area (TPSA) is 66.4 Å². The molecular formula is C36H71NO4. The van der Waals surface area contributed by atoms with Gasteiger partial charge in [0.1, 0.15) is 13.1 Å². The summed E-state index contributed by atoms with van der Waals surface area (Å²) in [6, 6.07) is 0. The SMILES string of the molecule is CCCCCCCCCCCCCCCC(=O)OC(CCCCCCCCCCCCCC)C[N+](C)(C)CC(=O)[O-]. The van der Waals surface area contributed by atoms with Crippen LogP contribution in [0.5, 0.6) is 0 Å². The summed E-state index contributed by atoms with van der Waals surface area (Å²) in [5.41, 5.74) is 0. The number of ether oxygens (including phenoxy) is 1. The molecule has 244 valence electrons. The lowest BCUT2D eigenvalue weighted by Gasteiger charge is -2.33. The van der Waals surface area contributed by atoms with Crippen LogP contribution in [-0.2, 0) is 14.3 Å². The minimum absolute atomic E-state index is 0.0641. The Labute approximate surface area is 256 Å². The van der Waals surface area contributed by atoms with Crippen molar-refractivity contribution in [3.63, 3.8) is 0 Å². The Morgan fingerprint density at radius 2 is 0.902 bits per heavy atom. The van der Waals surface area contributed by atoms with Gasteiger partial charge in [0.2, 0.25) is 0 Å². The van der Waals surface area contributed by atoms with Crippen molar-refractivity contribution in [2.75, 3.05) is 27.2 Å². The highest BCUT2D eigenvalue weighted by Gasteiger charge is 2.25. The average Bonchev–Trinajstić information content (AvgIpc) is 2.90. The van der Waals surface area contributed by atoms with Crippen LogP contribution >= 0.6 is 0 Å². The molecule has 0 saturated carbocycles. The average molecular weight is 582 g/mol. The van der Waals surface area contributed by atoms with E-state index in [1.54, 1.807) is 0 Å². The maximum atomic E-state index is 12.6. The van der Waals surface area contributed by atoms with Crippen molar-refractivity contribution in [1.82, 2.24) is 0 Å². The first-order valence-corrected chi connectivity index (χ1v) is 18.0. The lowest BCUT2D eigenvalue weighted by Crippen LogP contribution is -2.52. The first kappa shape index (κ1) is 39.9. The monoisotopic (exact) mass is 582 g/mol. The first-order valence-electron chi connectivity index (χ1n) is 18.0. The smallest absolute Gasteiger partial charge is 0.306 e. The molecule has 0 bridgehead atoms. The van der Waals surface area contributed by atoms with Crippen LogP contribution < -0.4 is 5.11 Å². The van der Waals surface area contributed by atoms with Crippen LogP contribution in [0.25, 0.3) is 0 Å². The van der Waals surface area contributed by atoms with E-state index in [0.29, 0.717) is 13.0 Å². The number of carboxylic acid groups (broad SMARTS) is 1. The Bertz CT molecular complexity index is 592. The highest BCUT2D eigenvalue weighted by atomic mass is 16.5. The predicted molar refractivity (Wildman–Crippen MR) is 173 cm³/mol. The van der Waals surface area contributed by atoms with Gasteiger partial charge in [0.25, 0.3) is 0 Å². The quantitative estimate of drug-likeness (QED) is 0.0451. The summed E-state index contributed by atoms with van der Waals surface area (Å²) < 4.78 is 6.18. The van der Waals surface area contributed by atoms with Crippen molar-refractivity contribution in [2.45, 2.75) is 193 Å². The fourth-order valence-corrected chi connectivity index (χ4v) is 5.90. The molecule has 41 heavy (non-hydrogen) atoms. The lowest BCUT2D eigenvalue weighted by atomic mass is 10.0. The molecule has 0 radical (unpaired) electrons. The standard InChI is InChI=1S/C36H71NO4/c1-5-7-9-11-13-15-17-19-21-23-25-27-29-31-36(40)41-34(32-37(3,4)33-35(38)39)30-28-26-24-22-20-18-16-14-12-10-8-6-2/h34H,5-33H2,1-4H3. The van der Waals surface area contributed by atoms with Crippen LogP contribution in [-0.4, -0.2) is 49.7 Å². The summed E-state index contributed by atoms with van der Waals surface area (Å²) in [6.07, 6.45) is 33.4. The van der Waals surface area contributed by atoms with Gasteiger partial charge < -0.3 is 19.1 Å². The van der Waals surface area contributed by atoms with Crippen LogP contribution in [0.15, 0.2) is 0 Å². The molecule has 0 saturated heterocycles. The molecule has 0 rings (SSSR count). The van der Waals surface area contributed by atoms with E-state index in [9.17, 15) is 14.7 Å². The molecule has 0 aliphatic carbocycles. The zero-order chi connectivity index (χ0) is 30.4. The van der Waals surface area contributed by atoms with Gasteiger partial charge in [-0.3, -0.25) is 4.79 Å². The molecular weight excluding hydrogens is 510 g/mol. The number of carbonyl (C=O) groups is 2. The Morgan fingerprint density at radius 1 is 0.561 bits per heavy atom. The van der Waals surface area contributed by atoms with Crippen LogP contribution in [0.2, 0.25) is 0 Å². The molecule has 0 aliphatic heterocycles. The highest BCUT2D eigenvalue weighted by Crippen LogP contribution is 2.17. The molecule has 0 N–H and O–H groups in total. The third kappa shape index (κ3) is 30.2. The number of hydrogen-bond donors (Lipinski definition) is 0. The van der Waals surface area contributed by atoms with E-state index in [2.05, 4.69) is 13.8 Å². The Balaban J connectivity index is 4.08. The van der Waals surface area contributed by atoms with E-state index >= 15 is 0 Å². The number of aliphatic carboxylic acids is 1. The van der Waals surface area contributed by atoms with Gasteiger partial charge in [-0.25, -0.2) is 0 Å². The van der Waals surface area contributed by atoms with Crippen molar-refractivity contribution in [3.8, 4) is 0 Å². The van der Waals surface area contributed by atoms with Crippen molar-refractivity contribution in [2.24, 2.45) is 0 Å². The Hall–Kier alpha value is -1.10. The fourth-order valence-electron chi connectivity index (χ4n) is 5.90. The summed E-state index contributed by atoms with van der Waals surface area (Å²) in [4.78, 5) is 23.8. The van der Waals surface area contributed by atoms with E-state index in [1.165, 1.54) is 135 Å². The molecule has 0 aromatic carbocycles. The van der Waals surface area contributed by atoms with Gasteiger partial charge in [0.15, 0.2) is 6.10 Å². The second-order valence-electron chi connectivity index (χ2n) is 13.4. The number of rotatable bonds is 32. The number of nitrogens with zero attached hydrogens (tertiary/aromatic N) is 1. The van der Waals surface area contributed by atoms with Gasteiger partial charge in [0.05, 0.1) is 20.1 Å². The van der Waals surface area contributed by atoms with Crippen molar-refractivity contribution < 1.29 is 23.9 Å². The molecule has 0 aromatic rings. The van der Waals surface area contributed by atoms with Crippen LogP contribution in [0.4, 0.5) is 0 Å². The molecule has 0 aromatic heterocycles. The first-order chi connectivity index (χ1) is 19.8. The number of esters is 1. The summed E-state index contributed by atoms with van der Waals surface area (Å²) in [5.74, 6) is -1.18. The van der Waals surface area contributed by atoms with Crippen LogP contribution in [0.1, 0.15) is 187 Å². The van der Waals surface area contributed by atoms with E-state index < -0.39 is 5.97 Å². The predicted octanol–water partition coefficient (Wildman–Crippen LogP) is 9.30. The van der Waals surface area contributed by atoms with Crippen molar-refractivity contribution in [3.05, 3.63) is 0 Å². The number of quaternary nitrogens is 1. The molecule has 0 fully saturated rings. The van der Waals surface area contributed by atoms with Gasteiger partial charge in [-0.2, -0.15) is 0 Å². The number of carboxylic acids is 1. The number of carbonyl (C=O) groups excluding carboxylic acids is 2. The zero-order valence-corrected chi connectivity index (χ0v) is 28.2. The highest BCUT2D eigenvalue weighted by molar-refractivity contribution is 5.69. The van der Waals surface area contributed by atoms with Gasteiger partial charge in [-0.15, -0.1) is 0 Å². The molecule has 5 heteroatoms. The fraction of sp³-hybridized carbons (Fsp3) is 0.944. The number of likely N-dealkylation sites (N-methyl/N-ethyl adjacent to an activating group) is 1. The summed E-state index contributed by atoms with van der Waals surface area (Å²) in [5, 5.41) is 11.2. The van der Waals surface area contributed by atoms with Gasteiger partial charge >= 0.3 is 5.97 Å². The van der Waals surface area contributed by atoms with Crippen LogP contribution in [0, 0.1) is 0 Å². The normalized spacial score (nSPS) is 12.5. The second-order valence-corrected chi connectivity index (χ2v) is 13.4. The van der Waals surface area contributed by atoms with E-state index in [1.807, 2.05) is 14.1 Å². The van der Waals surface area contributed by atoms with Crippen LogP contribution in [0.3, 0.4) is 0 Å². The summed E-state index contributed by atoms with van der Waals surface area (Å²) >= 11 is 0. The Kier molecular flexibility index (Phi) is 28.2. The molecule has 0 heterocycles. The van der Waals surface area contributed by atoms with Gasteiger partial charge in [0, 0.05) is 6.42 Å². The summed E-state index contributed by atoms with van der Waals surface area (Å²) in [7, 11) is 3.76. The zero-order valence-electron chi connectivity index (χ0n) is 28.2. The minimum atomic E-state index is -1.06. The van der Waals surface area contributed by atoms with E-state index in [-0.39, 0.29) is 23.1 Å². The minimum Gasteiger partial charge on any atom is -0.544 e. The molecule has 1 atom stereocenters. The largest absolute Gasteiger partial charge is 0.544 e.